The first-order chi connectivity index (χ1) is 9.13. The molecule has 7 heteroatoms. The molecule has 1 unspecified atom stereocenters. The number of carbonyl (C=O) groups excluding carboxylic acids is 2. The fourth-order valence-corrected chi connectivity index (χ4v) is 2.19. The molecule has 0 spiro atoms. The largest absolute Gasteiger partial charge is 0.440 e. The smallest absolute Gasteiger partial charge is 0.290 e. The number of hydrogen-bond donors (Lipinski definition) is 2. The molecule has 2 amide bonds. The van der Waals surface area contributed by atoms with Crippen LogP contribution in [-0.4, -0.2) is 48.9 Å². The molecule has 1 aromatic rings. The molecule has 6 nitrogen and oxygen atoms in total. The number of amides is 2. The number of furan rings is 1. The number of piperazine rings is 1. The van der Waals surface area contributed by atoms with Crippen LogP contribution >= 0.6 is 11.6 Å². The van der Waals surface area contributed by atoms with Crippen molar-refractivity contribution < 1.29 is 14.0 Å². The Morgan fingerprint density at radius 3 is 3.00 bits per heavy atom. The summed E-state index contributed by atoms with van der Waals surface area (Å²) in [6, 6.07) is 2.50. The third-order valence-corrected chi connectivity index (χ3v) is 3.15. The van der Waals surface area contributed by atoms with Crippen molar-refractivity contribution in [2.24, 2.45) is 0 Å². The number of halogens is 1. The van der Waals surface area contributed by atoms with Crippen LogP contribution in [0.15, 0.2) is 16.5 Å². The van der Waals surface area contributed by atoms with E-state index in [2.05, 4.69) is 10.6 Å². The van der Waals surface area contributed by atoms with Crippen molar-refractivity contribution in [1.29, 1.82) is 0 Å². The number of rotatable bonds is 3. The van der Waals surface area contributed by atoms with Crippen molar-refractivity contribution in [3.8, 4) is 0 Å². The Balaban J connectivity index is 2.15. The highest BCUT2D eigenvalue weighted by atomic mass is 35.5. The number of likely N-dealkylation sites (N-methyl/N-ethyl adjacent to an activating group) is 1. The minimum Gasteiger partial charge on any atom is -0.440 e. The van der Waals surface area contributed by atoms with Gasteiger partial charge in [0.2, 0.25) is 5.91 Å². The van der Waals surface area contributed by atoms with E-state index in [0.717, 1.165) is 0 Å². The van der Waals surface area contributed by atoms with E-state index in [0.29, 0.717) is 26.2 Å². The van der Waals surface area contributed by atoms with Gasteiger partial charge in [-0.1, -0.05) is 0 Å². The Bertz CT molecular complexity index is 475. The van der Waals surface area contributed by atoms with Crippen LogP contribution < -0.4 is 10.6 Å². The lowest BCUT2D eigenvalue weighted by molar-refractivity contribution is -0.126. The summed E-state index contributed by atoms with van der Waals surface area (Å²) in [7, 11) is 0. The van der Waals surface area contributed by atoms with Crippen LogP contribution in [0.4, 0.5) is 0 Å². The Kier molecular flexibility index (Phi) is 4.44. The predicted octanol–water partition coefficient (Wildman–Crippen LogP) is 0.483. The summed E-state index contributed by atoms with van der Waals surface area (Å²) in [5, 5.41) is 5.99. The van der Waals surface area contributed by atoms with Crippen LogP contribution in [0.2, 0.25) is 5.22 Å². The molecule has 1 aromatic heterocycles. The molecule has 0 aliphatic carbocycles. The maximum absolute atomic E-state index is 12.3. The normalized spacial score (nSPS) is 19.3. The SMILES string of the molecule is CCNC(=O)C1CNCCN1C(=O)c1ccc(Cl)o1. The summed E-state index contributed by atoms with van der Waals surface area (Å²) >= 11 is 5.66. The molecule has 2 rings (SSSR count). The third kappa shape index (κ3) is 3.08. The van der Waals surface area contributed by atoms with Crippen molar-refractivity contribution in [2.75, 3.05) is 26.2 Å². The zero-order valence-electron chi connectivity index (χ0n) is 10.6. The summed E-state index contributed by atoms with van der Waals surface area (Å²) in [5.41, 5.74) is 0. The van der Waals surface area contributed by atoms with Gasteiger partial charge in [-0.3, -0.25) is 9.59 Å². The lowest BCUT2D eigenvalue weighted by atomic mass is 10.1. The van der Waals surface area contributed by atoms with Gasteiger partial charge in [-0.2, -0.15) is 0 Å². The van der Waals surface area contributed by atoms with Gasteiger partial charge in [0.1, 0.15) is 6.04 Å². The zero-order chi connectivity index (χ0) is 13.8. The van der Waals surface area contributed by atoms with E-state index < -0.39 is 6.04 Å². The Morgan fingerprint density at radius 2 is 2.37 bits per heavy atom. The summed E-state index contributed by atoms with van der Waals surface area (Å²) in [6.07, 6.45) is 0. The van der Waals surface area contributed by atoms with Crippen LogP contribution in [0.25, 0.3) is 0 Å². The molecule has 19 heavy (non-hydrogen) atoms. The van der Waals surface area contributed by atoms with Crippen molar-refractivity contribution >= 4 is 23.4 Å². The first-order valence-corrected chi connectivity index (χ1v) is 6.56. The first kappa shape index (κ1) is 13.9. The molecule has 1 atom stereocenters. The van der Waals surface area contributed by atoms with Crippen LogP contribution in [0.3, 0.4) is 0 Å². The molecular formula is C12H16ClN3O3. The summed E-state index contributed by atoms with van der Waals surface area (Å²) in [4.78, 5) is 25.8. The molecule has 104 valence electrons. The summed E-state index contributed by atoms with van der Waals surface area (Å²) in [6.45, 7) is 3.91. The maximum atomic E-state index is 12.3. The molecule has 0 bridgehead atoms. The van der Waals surface area contributed by atoms with Crippen molar-refractivity contribution in [3.05, 3.63) is 23.1 Å². The number of nitrogens with one attached hydrogen (secondary N) is 2. The van der Waals surface area contributed by atoms with E-state index in [1.165, 1.54) is 17.0 Å². The molecule has 0 saturated carbocycles. The molecule has 2 N–H and O–H groups in total. The van der Waals surface area contributed by atoms with Gasteiger partial charge in [0.05, 0.1) is 0 Å². The highest BCUT2D eigenvalue weighted by molar-refractivity contribution is 6.29. The molecule has 0 radical (unpaired) electrons. The van der Waals surface area contributed by atoms with Gasteiger partial charge >= 0.3 is 0 Å². The van der Waals surface area contributed by atoms with Crippen LogP contribution in [-0.2, 0) is 4.79 Å². The van der Waals surface area contributed by atoms with E-state index in [4.69, 9.17) is 16.0 Å². The van der Waals surface area contributed by atoms with E-state index in [-0.39, 0.29) is 22.8 Å². The predicted molar refractivity (Wildman–Crippen MR) is 70.1 cm³/mol. The lowest BCUT2D eigenvalue weighted by Crippen LogP contribution is -2.59. The van der Waals surface area contributed by atoms with E-state index >= 15 is 0 Å². The highest BCUT2D eigenvalue weighted by Crippen LogP contribution is 2.17. The minimum absolute atomic E-state index is 0.154. The van der Waals surface area contributed by atoms with E-state index in [1.54, 1.807) is 0 Å². The van der Waals surface area contributed by atoms with Crippen molar-refractivity contribution in [1.82, 2.24) is 15.5 Å². The van der Waals surface area contributed by atoms with Crippen molar-refractivity contribution in [3.63, 3.8) is 0 Å². The molecule has 1 aliphatic heterocycles. The number of nitrogens with zero attached hydrogens (tertiary/aromatic N) is 1. The monoisotopic (exact) mass is 285 g/mol. The molecule has 2 heterocycles. The Labute approximate surface area is 116 Å². The number of hydrogen-bond acceptors (Lipinski definition) is 4. The average molecular weight is 286 g/mol. The second kappa shape index (κ2) is 6.08. The van der Waals surface area contributed by atoms with Gasteiger partial charge in [0, 0.05) is 26.2 Å². The van der Waals surface area contributed by atoms with Gasteiger partial charge in [-0.05, 0) is 30.7 Å². The van der Waals surface area contributed by atoms with Crippen LogP contribution in [0.1, 0.15) is 17.5 Å². The Hall–Kier alpha value is -1.53. The third-order valence-electron chi connectivity index (χ3n) is 2.94. The topological polar surface area (TPSA) is 74.6 Å². The Morgan fingerprint density at radius 1 is 1.58 bits per heavy atom. The second-order valence-electron chi connectivity index (χ2n) is 4.22. The molecular weight excluding hydrogens is 270 g/mol. The quantitative estimate of drug-likeness (QED) is 0.847. The minimum atomic E-state index is -0.523. The standard InChI is InChI=1S/C12H16ClN3O3/c1-2-15-11(17)8-7-14-5-6-16(8)12(18)9-3-4-10(13)19-9/h3-4,8,14H,2,5-7H2,1H3,(H,15,17). The summed E-state index contributed by atoms with van der Waals surface area (Å²) < 4.78 is 5.11. The van der Waals surface area contributed by atoms with Gasteiger partial charge in [0.25, 0.3) is 5.91 Å². The average Bonchev–Trinajstić information content (AvgIpc) is 2.85. The molecule has 1 aliphatic rings. The molecule has 1 saturated heterocycles. The van der Waals surface area contributed by atoms with Gasteiger partial charge in [-0.25, -0.2) is 0 Å². The van der Waals surface area contributed by atoms with Crippen LogP contribution in [0.5, 0.6) is 0 Å². The van der Waals surface area contributed by atoms with Gasteiger partial charge < -0.3 is 20.0 Å². The van der Waals surface area contributed by atoms with Crippen LogP contribution in [0, 0.1) is 0 Å². The zero-order valence-corrected chi connectivity index (χ0v) is 11.4. The van der Waals surface area contributed by atoms with Crippen molar-refractivity contribution in [2.45, 2.75) is 13.0 Å². The van der Waals surface area contributed by atoms with Gasteiger partial charge in [-0.15, -0.1) is 0 Å². The molecule has 1 fully saturated rings. The fraction of sp³-hybridized carbons (Fsp3) is 0.500. The van der Waals surface area contributed by atoms with Gasteiger partial charge in [0.15, 0.2) is 11.0 Å². The lowest BCUT2D eigenvalue weighted by Gasteiger charge is -2.34. The first-order valence-electron chi connectivity index (χ1n) is 6.18. The summed E-state index contributed by atoms with van der Waals surface area (Å²) in [5.74, 6) is -0.327. The second-order valence-corrected chi connectivity index (χ2v) is 4.59. The maximum Gasteiger partial charge on any atom is 0.290 e. The number of carbonyl (C=O) groups is 2. The fourth-order valence-electron chi connectivity index (χ4n) is 2.04. The van der Waals surface area contributed by atoms with E-state index in [1.807, 2.05) is 6.92 Å². The molecule has 0 aromatic carbocycles. The highest BCUT2D eigenvalue weighted by Gasteiger charge is 2.33. The van der Waals surface area contributed by atoms with E-state index in [9.17, 15) is 9.59 Å².